The monoisotopic (exact) mass is 313 g/mol. The first-order valence-corrected chi connectivity index (χ1v) is 9.08. The number of nitrogens with zero attached hydrogens (tertiary/aromatic N) is 1. The van der Waals surface area contributed by atoms with Gasteiger partial charge >= 0.3 is 5.97 Å². The van der Waals surface area contributed by atoms with E-state index in [2.05, 4.69) is 0 Å². The molecule has 0 bridgehead atoms. The molecule has 2 saturated heterocycles. The summed E-state index contributed by atoms with van der Waals surface area (Å²) >= 11 is 0. The molecule has 19 heavy (non-hydrogen) atoms. The second-order valence-corrected chi connectivity index (χ2v) is 9.28. The van der Waals surface area contributed by atoms with Crippen LogP contribution in [0, 0.1) is 0 Å². The van der Waals surface area contributed by atoms with Gasteiger partial charge in [0.2, 0.25) is 10.0 Å². The molecule has 2 fully saturated rings. The van der Waals surface area contributed by atoms with Crippen LogP contribution in [0.3, 0.4) is 0 Å². The molecule has 0 aromatic heterocycles. The number of carbonyl (C=O) groups is 1. The Labute approximate surface area is 111 Å². The first kappa shape index (κ1) is 14.7. The van der Waals surface area contributed by atoms with Gasteiger partial charge in [-0.2, -0.15) is 4.31 Å². The highest BCUT2D eigenvalue weighted by atomic mass is 32.2. The number of hydrogen-bond donors (Lipinski definition) is 2. The normalized spacial score (nSPS) is 35.5. The third-order valence-electron chi connectivity index (χ3n) is 3.46. The van der Waals surface area contributed by atoms with Gasteiger partial charge in [0, 0.05) is 13.0 Å². The molecule has 1 unspecified atom stereocenters. The van der Waals surface area contributed by atoms with Gasteiger partial charge in [-0.05, 0) is 6.42 Å². The molecule has 0 aromatic rings. The maximum atomic E-state index is 12.3. The zero-order valence-electron chi connectivity index (χ0n) is 9.97. The van der Waals surface area contributed by atoms with Crippen molar-refractivity contribution in [2.75, 3.05) is 18.1 Å². The van der Waals surface area contributed by atoms with Crippen molar-refractivity contribution in [3.63, 3.8) is 0 Å². The Morgan fingerprint density at radius 3 is 2.42 bits per heavy atom. The number of aliphatic carboxylic acids is 1. The van der Waals surface area contributed by atoms with E-state index in [-0.39, 0.29) is 25.1 Å². The predicted molar refractivity (Wildman–Crippen MR) is 64.7 cm³/mol. The standard InChI is InChI=1S/C9H15NO7S2/c11-6-3-8(9(12)13)10(4-6)19(16,17)7-1-2-18(14,15)5-7/h6-8,11H,1-5H2,(H,12,13)/t6-,7?,8+/m1/s1. The van der Waals surface area contributed by atoms with Gasteiger partial charge in [-0.3, -0.25) is 4.79 Å². The number of aliphatic hydroxyl groups is 1. The molecule has 8 nitrogen and oxygen atoms in total. The van der Waals surface area contributed by atoms with Crippen LogP contribution in [-0.2, 0) is 24.7 Å². The summed E-state index contributed by atoms with van der Waals surface area (Å²) in [6, 6.07) is -1.32. The second-order valence-electron chi connectivity index (χ2n) is 4.88. The lowest BCUT2D eigenvalue weighted by Gasteiger charge is -2.23. The van der Waals surface area contributed by atoms with Crippen LogP contribution >= 0.6 is 0 Å². The summed E-state index contributed by atoms with van der Waals surface area (Å²) in [5, 5.41) is 17.3. The van der Waals surface area contributed by atoms with E-state index in [1.54, 1.807) is 0 Å². The van der Waals surface area contributed by atoms with Crippen molar-refractivity contribution in [3.05, 3.63) is 0 Å². The first-order valence-electron chi connectivity index (χ1n) is 5.75. The summed E-state index contributed by atoms with van der Waals surface area (Å²) in [5.74, 6) is -2.01. The highest BCUT2D eigenvalue weighted by Gasteiger charge is 2.48. The van der Waals surface area contributed by atoms with Crippen molar-refractivity contribution in [1.29, 1.82) is 0 Å². The van der Waals surface area contributed by atoms with Gasteiger partial charge in [0.25, 0.3) is 0 Å². The number of carboxylic acid groups (broad SMARTS) is 1. The van der Waals surface area contributed by atoms with Gasteiger partial charge < -0.3 is 10.2 Å². The van der Waals surface area contributed by atoms with Crippen molar-refractivity contribution >= 4 is 25.8 Å². The maximum Gasteiger partial charge on any atom is 0.322 e. The van der Waals surface area contributed by atoms with Gasteiger partial charge in [-0.25, -0.2) is 16.8 Å². The summed E-state index contributed by atoms with van der Waals surface area (Å²) < 4.78 is 47.9. The quantitative estimate of drug-likeness (QED) is 0.618. The van der Waals surface area contributed by atoms with E-state index in [1.807, 2.05) is 0 Å². The molecule has 0 amide bonds. The highest BCUT2D eigenvalue weighted by Crippen LogP contribution is 2.28. The number of hydrogen-bond acceptors (Lipinski definition) is 6. The van der Waals surface area contributed by atoms with Gasteiger partial charge in [-0.15, -0.1) is 0 Å². The molecule has 0 saturated carbocycles. The fourth-order valence-electron chi connectivity index (χ4n) is 2.48. The van der Waals surface area contributed by atoms with Crippen molar-refractivity contribution < 1.29 is 31.8 Å². The zero-order valence-corrected chi connectivity index (χ0v) is 11.6. The third-order valence-corrected chi connectivity index (χ3v) is 7.74. The van der Waals surface area contributed by atoms with Crippen LogP contribution in [0.15, 0.2) is 0 Å². The fourth-order valence-corrected chi connectivity index (χ4v) is 7.19. The SMILES string of the molecule is O=C(O)[C@@H]1C[C@@H](O)CN1S(=O)(=O)C1CCS(=O)(=O)C1. The summed E-state index contributed by atoms with van der Waals surface area (Å²) in [5.41, 5.74) is 0. The largest absolute Gasteiger partial charge is 0.480 e. The molecule has 0 aliphatic carbocycles. The lowest BCUT2D eigenvalue weighted by atomic mass is 10.2. The summed E-state index contributed by atoms with van der Waals surface area (Å²) in [6.07, 6.45) is -1.23. The van der Waals surface area contributed by atoms with Crippen LogP contribution in [0.25, 0.3) is 0 Å². The number of β-amino-alcohol motifs (C(OH)–C–C–N with tert-alkyl or cyclic N) is 1. The summed E-state index contributed by atoms with van der Waals surface area (Å²) in [4.78, 5) is 11.0. The lowest BCUT2D eigenvalue weighted by molar-refractivity contribution is -0.140. The first-order chi connectivity index (χ1) is 8.63. The van der Waals surface area contributed by atoms with Crippen LogP contribution in [0.2, 0.25) is 0 Å². The number of sulfonamides is 1. The van der Waals surface area contributed by atoms with Crippen LogP contribution in [0.4, 0.5) is 0 Å². The minimum absolute atomic E-state index is 0.0242. The Bertz CT molecular complexity index is 582. The van der Waals surface area contributed by atoms with Crippen molar-refractivity contribution in [2.45, 2.75) is 30.2 Å². The molecule has 110 valence electrons. The molecule has 0 spiro atoms. The Morgan fingerprint density at radius 2 is 1.95 bits per heavy atom. The molecule has 2 heterocycles. The smallest absolute Gasteiger partial charge is 0.322 e. The van der Waals surface area contributed by atoms with E-state index in [0.29, 0.717) is 0 Å². The van der Waals surface area contributed by atoms with Gasteiger partial charge in [0.05, 0.1) is 22.9 Å². The van der Waals surface area contributed by atoms with Crippen LogP contribution in [0.5, 0.6) is 0 Å². The molecular formula is C9H15NO7S2. The van der Waals surface area contributed by atoms with Crippen LogP contribution in [-0.4, -0.2) is 72.8 Å². The zero-order chi connectivity index (χ0) is 14.4. The molecule has 10 heteroatoms. The Balaban J connectivity index is 2.27. The Kier molecular flexibility index (Phi) is 3.62. The number of sulfone groups is 1. The average Bonchev–Trinajstić information content (AvgIpc) is 2.82. The van der Waals surface area contributed by atoms with Gasteiger partial charge in [0.15, 0.2) is 9.84 Å². The van der Waals surface area contributed by atoms with E-state index in [9.17, 15) is 26.7 Å². The van der Waals surface area contributed by atoms with Crippen molar-refractivity contribution in [2.24, 2.45) is 0 Å². The number of rotatable bonds is 3. The van der Waals surface area contributed by atoms with E-state index in [0.717, 1.165) is 4.31 Å². The number of aliphatic hydroxyl groups excluding tert-OH is 1. The topological polar surface area (TPSA) is 129 Å². The van der Waals surface area contributed by atoms with Gasteiger partial charge in [0.1, 0.15) is 6.04 Å². The van der Waals surface area contributed by atoms with Crippen molar-refractivity contribution in [3.8, 4) is 0 Å². The fraction of sp³-hybridized carbons (Fsp3) is 0.889. The molecule has 0 radical (unpaired) electrons. The average molecular weight is 313 g/mol. The molecule has 2 rings (SSSR count). The Morgan fingerprint density at radius 1 is 1.32 bits per heavy atom. The maximum absolute atomic E-state index is 12.3. The number of carboxylic acids is 1. The third kappa shape index (κ3) is 2.76. The van der Waals surface area contributed by atoms with Crippen molar-refractivity contribution in [1.82, 2.24) is 4.31 Å². The molecule has 2 aliphatic rings. The lowest BCUT2D eigenvalue weighted by Crippen LogP contribution is -2.45. The van der Waals surface area contributed by atoms with Crippen LogP contribution < -0.4 is 0 Å². The van der Waals surface area contributed by atoms with E-state index < -0.39 is 49.0 Å². The molecule has 0 aromatic carbocycles. The minimum atomic E-state index is -4.02. The molecule has 2 N–H and O–H groups in total. The van der Waals surface area contributed by atoms with E-state index in [4.69, 9.17) is 5.11 Å². The summed E-state index contributed by atoms with van der Waals surface area (Å²) in [6.45, 7) is -0.296. The highest BCUT2D eigenvalue weighted by molar-refractivity contribution is 7.95. The van der Waals surface area contributed by atoms with E-state index >= 15 is 0 Å². The molecular weight excluding hydrogens is 298 g/mol. The Hall–Kier alpha value is -0.710. The summed E-state index contributed by atoms with van der Waals surface area (Å²) in [7, 11) is -7.40. The second kappa shape index (κ2) is 4.69. The minimum Gasteiger partial charge on any atom is -0.480 e. The van der Waals surface area contributed by atoms with E-state index in [1.165, 1.54) is 0 Å². The predicted octanol–water partition coefficient (Wildman–Crippen LogP) is -1.98. The van der Waals surface area contributed by atoms with Crippen LogP contribution in [0.1, 0.15) is 12.8 Å². The molecule has 3 atom stereocenters. The molecule has 2 aliphatic heterocycles. The van der Waals surface area contributed by atoms with Gasteiger partial charge in [-0.1, -0.05) is 0 Å².